The van der Waals surface area contributed by atoms with E-state index in [1.807, 2.05) is 0 Å². The van der Waals surface area contributed by atoms with Crippen LogP contribution in [0, 0.1) is 32.6 Å². The molecule has 0 fully saturated rings. The molecule has 2 rings (SSSR count). The highest BCUT2D eigenvalue weighted by Gasteiger charge is 2.26. The van der Waals surface area contributed by atoms with Crippen LogP contribution in [0.15, 0.2) is 0 Å². The Morgan fingerprint density at radius 2 is 1.54 bits per heavy atom. The Kier molecular flexibility index (Phi) is 16.8. The Balaban J connectivity index is 1.68. The Hall–Kier alpha value is -1.79. The van der Waals surface area contributed by atoms with Crippen molar-refractivity contribution in [3.05, 3.63) is 22.3 Å². The van der Waals surface area contributed by atoms with Gasteiger partial charge in [0.1, 0.15) is 18.1 Å². The highest BCUT2D eigenvalue weighted by Crippen LogP contribution is 2.42. The fourth-order valence-electron chi connectivity index (χ4n) is 6.09. The van der Waals surface area contributed by atoms with E-state index in [0.717, 1.165) is 68.5 Å². The molecule has 6 nitrogen and oxygen atoms in total. The number of unbranched alkanes of at least 4 members (excludes halogenated alkanes) is 5. The van der Waals surface area contributed by atoms with Crippen LogP contribution in [0.1, 0.15) is 133 Å². The molecule has 1 amide bonds. The standard InChI is InChI=1S/C35H63N3O3/c1-25(2)15-10-8-7-9-11-16-26(3)17-14-18-30-20-21-31-29(6)33(27(4)28(5)34(31)41-30)40-24-23-38-22-13-12-19-32(36)35(37)39/h25-26,30,32,38H,7-24,36H2,1-6H3,(H2,37,39)/t26-,30?,32+/m0/s1. The van der Waals surface area contributed by atoms with Crippen molar-refractivity contribution in [3.63, 3.8) is 0 Å². The van der Waals surface area contributed by atoms with Gasteiger partial charge in [-0.2, -0.15) is 0 Å². The van der Waals surface area contributed by atoms with Crippen LogP contribution < -0.4 is 26.3 Å². The molecule has 1 unspecified atom stereocenters. The van der Waals surface area contributed by atoms with Crippen LogP contribution in [0.5, 0.6) is 11.5 Å². The Morgan fingerprint density at radius 1 is 0.878 bits per heavy atom. The maximum absolute atomic E-state index is 11.0. The molecule has 0 aliphatic carbocycles. The molecule has 1 aliphatic rings. The number of carbonyl (C=O) groups excluding carboxylic acids is 1. The summed E-state index contributed by atoms with van der Waals surface area (Å²) in [7, 11) is 0. The lowest BCUT2D eigenvalue weighted by Crippen LogP contribution is -2.36. The number of hydrogen-bond donors (Lipinski definition) is 3. The number of carbonyl (C=O) groups is 1. The smallest absolute Gasteiger partial charge is 0.234 e. The second-order valence-electron chi connectivity index (χ2n) is 13.2. The third-order valence-corrected chi connectivity index (χ3v) is 9.02. The van der Waals surface area contributed by atoms with Crippen molar-refractivity contribution in [3.8, 4) is 11.5 Å². The van der Waals surface area contributed by atoms with Crippen LogP contribution in [0.4, 0.5) is 0 Å². The summed E-state index contributed by atoms with van der Waals surface area (Å²) in [6.07, 6.45) is 18.5. The number of benzene rings is 1. The maximum Gasteiger partial charge on any atom is 0.234 e. The molecule has 0 spiro atoms. The summed E-state index contributed by atoms with van der Waals surface area (Å²) in [6, 6.07) is -0.534. The molecule has 6 heteroatoms. The topological polar surface area (TPSA) is 99.6 Å². The minimum atomic E-state index is -0.534. The van der Waals surface area contributed by atoms with Crippen LogP contribution in [-0.2, 0) is 11.2 Å². The zero-order valence-corrected chi connectivity index (χ0v) is 27.4. The molecular weight excluding hydrogens is 510 g/mol. The van der Waals surface area contributed by atoms with E-state index in [-0.39, 0.29) is 0 Å². The molecule has 0 saturated heterocycles. The zero-order chi connectivity index (χ0) is 30.2. The van der Waals surface area contributed by atoms with Crippen LogP contribution in [0.3, 0.4) is 0 Å². The van der Waals surface area contributed by atoms with Crippen LogP contribution in [-0.4, -0.2) is 37.7 Å². The van der Waals surface area contributed by atoms with Crippen molar-refractivity contribution in [2.24, 2.45) is 23.3 Å². The van der Waals surface area contributed by atoms with Gasteiger partial charge in [0, 0.05) is 12.1 Å². The summed E-state index contributed by atoms with van der Waals surface area (Å²) in [6.45, 7) is 15.9. The molecule has 1 aromatic carbocycles. The molecule has 0 bridgehead atoms. The van der Waals surface area contributed by atoms with E-state index >= 15 is 0 Å². The first-order valence-electron chi connectivity index (χ1n) is 16.8. The van der Waals surface area contributed by atoms with Crippen molar-refractivity contribution < 1.29 is 14.3 Å². The van der Waals surface area contributed by atoms with Crippen molar-refractivity contribution in [2.45, 2.75) is 150 Å². The van der Waals surface area contributed by atoms with Crippen LogP contribution in [0.2, 0.25) is 0 Å². The van der Waals surface area contributed by atoms with E-state index < -0.39 is 11.9 Å². The normalized spacial score (nSPS) is 16.3. The summed E-state index contributed by atoms with van der Waals surface area (Å²) in [5.74, 6) is 3.38. The number of nitrogens with two attached hydrogens (primary N) is 2. The summed E-state index contributed by atoms with van der Waals surface area (Å²) >= 11 is 0. The van der Waals surface area contributed by atoms with Gasteiger partial charge in [0.25, 0.3) is 0 Å². The first kappa shape index (κ1) is 35.4. The second kappa shape index (κ2) is 19.4. The largest absolute Gasteiger partial charge is 0.492 e. The molecule has 41 heavy (non-hydrogen) atoms. The van der Waals surface area contributed by atoms with E-state index in [4.69, 9.17) is 20.9 Å². The Morgan fingerprint density at radius 3 is 2.24 bits per heavy atom. The Labute approximate surface area is 252 Å². The molecule has 3 atom stereocenters. The maximum atomic E-state index is 11.0. The minimum Gasteiger partial charge on any atom is -0.492 e. The monoisotopic (exact) mass is 573 g/mol. The summed E-state index contributed by atoms with van der Waals surface area (Å²) in [4.78, 5) is 11.0. The van der Waals surface area contributed by atoms with Crippen molar-refractivity contribution >= 4 is 5.91 Å². The average Bonchev–Trinajstić information content (AvgIpc) is 2.93. The lowest BCUT2D eigenvalue weighted by molar-refractivity contribution is -0.119. The highest BCUT2D eigenvalue weighted by atomic mass is 16.5. The quantitative estimate of drug-likeness (QED) is 0.125. The first-order valence-corrected chi connectivity index (χ1v) is 16.8. The van der Waals surface area contributed by atoms with Crippen molar-refractivity contribution in [2.75, 3.05) is 19.7 Å². The zero-order valence-electron chi connectivity index (χ0n) is 27.4. The molecule has 1 aromatic rings. The lowest BCUT2D eigenvalue weighted by atomic mass is 9.89. The predicted octanol–water partition coefficient (Wildman–Crippen LogP) is 7.45. The average molecular weight is 574 g/mol. The third-order valence-electron chi connectivity index (χ3n) is 9.02. The minimum absolute atomic E-state index is 0.335. The predicted molar refractivity (Wildman–Crippen MR) is 173 cm³/mol. The lowest BCUT2D eigenvalue weighted by Gasteiger charge is -2.31. The molecule has 0 saturated carbocycles. The summed E-state index contributed by atoms with van der Waals surface area (Å²) in [5.41, 5.74) is 15.9. The van der Waals surface area contributed by atoms with Gasteiger partial charge in [-0.05, 0) is 94.4 Å². The van der Waals surface area contributed by atoms with Crippen molar-refractivity contribution in [1.82, 2.24) is 5.32 Å². The first-order chi connectivity index (χ1) is 19.6. The van der Waals surface area contributed by atoms with Gasteiger partial charge >= 0.3 is 0 Å². The Bertz CT molecular complexity index is 901. The van der Waals surface area contributed by atoms with Gasteiger partial charge in [0.15, 0.2) is 0 Å². The molecule has 1 aliphatic heterocycles. The third kappa shape index (κ3) is 12.9. The molecule has 0 aromatic heterocycles. The van der Waals surface area contributed by atoms with Crippen molar-refractivity contribution in [1.29, 1.82) is 0 Å². The molecule has 1 heterocycles. The van der Waals surface area contributed by atoms with E-state index in [9.17, 15) is 4.79 Å². The van der Waals surface area contributed by atoms with Gasteiger partial charge < -0.3 is 26.3 Å². The van der Waals surface area contributed by atoms with E-state index in [1.165, 1.54) is 80.0 Å². The second-order valence-corrected chi connectivity index (χ2v) is 13.2. The fourth-order valence-corrected chi connectivity index (χ4v) is 6.09. The van der Waals surface area contributed by atoms with Gasteiger partial charge in [-0.3, -0.25) is 4.79 Å². The van der Waals surface area contributed by atoms with Gasteiger partial charge in [-0.1, -0.05) is 78.6 Å². The van der Waals surface area contributed by atoms with E-state index in [1.54, 1.807) is 0 Å². The number of primary amides is 1. The van der Waals surface area contributed by atoms with Gasteiger partial charge in [0.2, 0.25) is 5.91 Å². The van der Waals surface area contributed by atoms with Crippen LogP contribution in [0.25, 0.3) is 0 Å². The van der Waals surface area contributed by atoms with Gasteiger partial charge in [-0.25, -0.2) is 0 Å². The molecule has 236 valence electrons. The van der Waals surface area contributed by atoms with E-state index in [2.05, 4.69) is 46.9 Å². The van der Waals surface area contributed by atoms with Gasteiger partial charge in [0.05, 0.1) is 12.1 Å². The molecule has 0 radical (unpaired) electrons. The summed E-state index contributed by atoms with van der Waals surface area (Å²) in [5, 5.41) is 3.43. The SMILES string of the molecule is Cc1c(C)c2c(c(C)c1OCCNCCCC[C@@H](N)C(N)=O)CCC(CCC[C@@H](C)CCCCCCCC(C)C)O2. The number of fused-ring (bicyclic) bond motifs is 1. The number of nitrogens with one attached hydrogen (secondary N) is 1. The summed E-state index contributed by atoms with van der Waals surface area (Å²) < 4.78 is 12.9. The molecular formula is C35H63N3O3. The fraction of sp³-hybridized carbons (Fsp3) is 0.800. The molecule has 5 N–H and O–H groups in total. The highest BCUT2D eigenvalue weighted by molar-refractivity contribution is 5.79. The number of hydrogen-bond acceptors (Lipinski definition) is 5. The van der Waals surface area contributed by atoms with Crippen LogP contribution >= 0.6 is 0 Å². The number of ether oxygens (including phenoxy) is 2. The van der Waals surface area contributed by atoms with E-state index in [0.29, 0.717) is 19.1 Å². The van der Waals surface area contributed by atoms with Gasteiger partial charge in [-0.15, -0.1) is 0 Å². The number of rotatable bonds is 22. The number of amides is 1.